The highest BCUT2D eigenvalue weighted by atomic mass is 19.2. The van der Waals surface area contributed by atoms with Crippen molar-refractivity contribution < 1.29 is 28.1 Å². The van der Waals surface area contributed by atoms with Gasteiger partial charge in [0.25, 0.3) is 0 Å². The number of benzene rings is 2. The smallest absolute Gasteiger partial charge is 0.174 e. The van der Waals surface area contributed by atoms with Crippen molar-refractivity contribution in [2.45, 2.75) is 25.4 Å². The number of nitrogens with zero attached hydrogens (tertiary/aromatic N) is 2. The lowest BCUT2D eigenvalue weighted by Crippen LogP contribution is -2.42. The van der Waals surface area contributed by atoms with E-state index in [2.05, 4.69) is 16.8 Å². The summed E-state index contributed by atoms with van der Waals surface area (Å²) in [6.45, 7) is 1.63. The van der Waals surface area contributed by atoms with E-state index < -0.39 is 23.6 Å². The Hall–Kier alpha value is -3.12. The molecule has 2 aromatic carbocycles. The van der Waals surface area contributed by atoms with Gasteiger partial charge in [-0.1, -0.05) is 11.8 Å². The van der Waals surface area contributed by atoms with Crippen molar-refractivity contribution in [3.63, 3.8) is 0 Å². The van der Waals surface area contributed by atoms with E-state index >= 15 is 0 Å². The molecule has 8 heteroatoms. The van der Waals surface area contributed by atoms with Crippen LogP contribution in [-0.2, 0) is 0 Å². The van der Waals surface area contributed by atoms with Gasteiger partial charge in [0.15, 0.2) is 11.6 Å². The summed E-state index contributed by atoms with van der Waals surface area (Å²) in [7, 11) is 1.60. The largest absolute Gasteiger partial charge is 0.497 e. The maximum absolute atomic E-state index is 13.8. The minimum Gasteiger partial charge on any atom is -0.497 e. The summed E-state index contributed by atoms with van der Waals surface area (Å²) in [5, 5.41) is 21.8. The van der Waals surface area contributed by atoms with Crippen LogP contribution in [0.4, 0.5) is 13.2 Å². The molecule has 4 rings (SSSR count). The second-order valence-electron chi connectivity index (χ2n) is 9.15. The number of aliphatic hydroxyl groups is 2. The highest BCUT2D eigenvalue weighted by molar-refractivity contribution is 5.83. The Morgan fingerprint density at radius 3 is 2.78 bits per heavy atom. The molecule has 0 radical (unpaired) electrons. The summed E-state index contributed by atoms with van der Waals surface area (Å²) < 4.78 is 45.8. The first-order valence-electron chi connectivity index (χ1n) is 12.0. The second-order valence-corrected chi connectivity index (χ2v) is 9.15. The molecule has 2 heterocycles. The third-order valence-electron chi connectivity index (χ3n) is 6.88. The van der Waals surface area contributed by atoms with Gasteiger partial charge in [-0.3, -0.25) is 9.88 Å². The van der Waals surface area contributed by atoms with Crippen LogP contribution in [0.25, 0.3) is 10.9 Å². The molecule has 1 aromatic heterocycles. The van der Waals surface area contributed by atoms with E-state index in [1.807, 2.05) is 29.2 Å². The fourth-order valence-electron chi connectivity index (χ4n) is 4.87. The van der Waals surface area contributed by atoms with Gasteiger partial charge in [0.1, 0.15) is 11.6 Å². The molecule has 1 aliphatic heterocycles. The predicted molar refractivity (Wildman–Crippen MR) is 131 cm³/mol. The number of methoxy groups -OCH3 is 1. The first-order valence-corrected chi connectivity index (χ1v) is 12.0. The number of hydrogen-bond donors (Lipinski definition) is 2. The Morgan fingerprint density at radius 1 is 1.17 bits per heavy atom. The van der Waals surface area contributed by atoms with E-state index in [0.29, 0.717) is 31.3 Å². The second kappa shape index (κ2) is 11.7. The first kappa shape index (κ1) is 26.0. The number of ether oxygens (including phenoxy) is 1. The lowest BCUT2D eigenvalue weighted by atomic mass is 9.81. The molecule has 0 saturated carbocycles. The fraction of sp³-hybridized carbons (Fsp3) is 0.393. The molecule has 0 bridgehead atoms. The SMILES string of the molecule is COc1ccc2nccc([C@H](O)CC[C@@H]3CCN(CC#Cc4cc(F)cc(F)c4F)C[C@@H]3CO)c2c1. The summed E-state index contributed by atoms with van der Waals surface area (Å²) >= 11 is 0. The molecule has 190 valence electrons. The zero-order valence-electron chi connectivity index (χ0n) is 20.1. The Kier molecular flexibility index (Phi) is 8.47. The zero-order valence-corrected chi connectivity index (χ0v) is 20.1. The first-order chi connectivity index (χ1) is 17.4. The van der Waals surface area contributed by atoms with Crippen molar-refractivity contribution >= 4 is 10.9 Å². The highest BCUT2D eigenvalue weighted by Gasteiger charge is 2.29. The molecular weight excluding hydrogens is 469 g/mol. The average Bonchev–Trinajstić information content (AvgIpc) is 2.89. The molecule has 0 spiro atoms. The van der Waals surface area contributed by atoms with Gasteiger partial charge in [-0.2, -0.15) is 0 Å². The van der Waals surface area contributed by atoms with Gasteiger partial charge in [-0.15, -0.1) is 0 Å². The third-order valence-corrected chi connectivity index (χ3v) is 6.88. The number of halogens is 3. The molecule has 2 N–H and O–H groups in total. The summed E-state index contributed by atoms with van der Waals surface area (Å²) in [4.78, 5) is 6.40. The van der Waals surface area contributed by atoms with Crippen molar-refractivity contribution in [2.75, 3.05) is 33.4 Å². The van der Waals surface area contributed by atoms with Crippen molar-refractivity contribution in [3.05, 3.63) is 71.2 Å². The topological polar surface area (TPSA) is 65.8 Å². The number of fused-ring (bicyclic) bond motifs is 1. The normalized spacial score (nSPS) is 19.1. The van der Waals surface area contributed by atoms with E-state index in [1.54, 1.807) is 13.3 Å². The van der Waals surface area contributed by atoms with Crippen LogP contribution in [-0.4, -0.2) is 53.4 Å². The predicted octanol–water partition coefficient (Wildman–Crippen LogP) is 4.46. The van der Waals surface area contributed by atoms with Crippen molar-refractivity contribution in [1.29, 1.82) is 0 Å². The monoisotopic (exact) mass is 498 g/mol. The maximum Gasteiger partial charge on any atom is 0.174 e. The minimum absolute atomic E-state index is 0.00378. The number of aromatic nitrogens is 1. The molecule has 3 atom stereocenters. The van der Waals surface area contributed by atoms with E-state index in [9.17, 15) is 23.4 Å². The Balaban J connectivity index is 1.35. The molecule has 36 heavy (non-hydrogen) atoms. The number of likely N-dealkylation sites (tertiary alicyclic amines) is 1. The molecule has 0 aliphatic carbocycles. The summed E-state index contributed by atoms with van der Waals surface area (Å²) in [6, 6.07) is 8.77. The van der Waals surface area contributed by atoms with E-state index in [-0.39, 0.29) is 24.0 Å². The van der Waals surface area contributed by atoms with Crippen LogP contribution < -0.4 is 4.74 Å². The summed E-state index contributed by atoms with van der Waals surface area (Å²) in [5.74, 6) is 2.94. The van der Waals surface area contributed by atoms with Gasteiger partial charge in [-0.25, -0.2) is 13.2 Å². The zero-order chi connectivity index (χ0) is 25.7. The number of aliphatic hydroxyl groups excluding tert-OH is 2. The lowest BCUT2D eigenvalue weighted by molar-refractivity contribution is 0.0640. The van der Waals surface area contributed by atoms with Gasteiger partial charge >= 0.3 is 0 Å². The Labute approximate surface area is 208 Å². The standard InChI is InChI=1S/C28H29F3N2O3/c1-36-22-5-6-26-24(15-22)23(8-10-32-26)27(35)7-4-18-9-12-33(16-20(18)17-34)11-2-3-19-13-21(29)14-25(30)28(19)31/h5-6,8,10,13-15,18,20,27,34-35H,4,7,9,11-12,16-17H2,1H3/t18-,20-,27-/m1/s1. The van der Waals surface area contributed by atoms with E-state index in [4.69, 9.17) is 4.74 Å². The molecule has 0 unspecified atom stereocenters. The third kappa shape index (κ3) is 5.98. The van der Waals surface area contributed by atoms with Crippen molar-refractivity contribution in [3.8, 4) is 17.6 Å². The quantitative estimate of drug-likeness (QED) is 0.372. The van der Waals surface area contributed by atoms with Crippen LogP contribution in [0.15, 0.2) is 42.6 Å². The van der Waals surface area contributed by atoms with Crippen LogP contribution in [0.2, 0.25) is 0 Å². The molecule has 5 nitrogen and oxygen atoms in total. The molecular formula is C28H29F3N2O3. The Morgan fingerprint density at radius 2 is 2.00 bits per heavy atom. The number of hydrogen-bond acceptors (Lipinski definition) is 5. The fourth-order valence-corrected chi connectivity index (χ4v) is 4.87. The van der Waals surface area contributed by atoms with Gasteiger partial charge in [0.05, 0.1) is 30.8 Å². The van der Waals surface area contributed by atoms with Gasteiger partial charge in [-0.05, 0) is 73.5 Å². The van der Waals surface area contributed by atoms with Crippen LogP contribution in [0.1, 0.15) is 36.5 Å². The van der Waals surface area contributed by atoms with Crippen LogP contribution in [0.3, 0.4) is 0 Å². The van der Waals surface area contributed by atoms with Gasteiger partial charge < -0.3 is 14.9 Å². The van der Waals surface area contributed by atoms with E-state index in [1.165, 1.54) is 0 Å². The van der Waals surface area contributed by atoms with Crippen LogP contribution >= 0.6 is 0 Å². The van der Waals surface area contributed by atoms with Crippen LogP contribution in [0.5, 0.6) is 5.75 Å². The number of pyridine rings is 1. The minimum atomic E-state index is -1.26. The van der Waals surface area contributed by atoms with E-state index in [0.717, 1.165) is 41.9 Å². The lowest BCUT2D eigenvalue weighted by Gasteiger charge is -2.37. The number of rotatable bonds is 7. The van der Waals surface area contributed by atoms with Crippen molar-refractivity contribution in [1.82, 2.24) is 9.88 Å². The molecule has 1 saturated heterocycles. The molecule has 1 aliphatic rings. The average molecular weight is 499 g/mol. The Bertz CT molecular complexity index is 1270. The van der Waals surface area contributed by atoms with Gasteiger partial charge in [0, 0.05) is 30.8 Å². The highest BCUT2D eigenvalue weighted by Crippen LogP contribution is 2.33. The molecule has 1 fully saturated rings. The van der Waals surface area contributed by atoms with Crippen molar-refractivity contribution in [2.24, 2.45) is 11.8 Å². The summed E-state index contributed by atoms with van der Waals surface area (Å²) in [6.07, 6.45) is 3.11. The van der Waals surface area contributed by atoms with Crippen LogP contribution in [0, 0.1) is 41.1 Å². The molecule has 3 aromatic rings. The molecule has 0 amide bonds. The summed E-state index contributed by atoms with van der Waals surface area (Å²) in [5.41, 5.74) is 1.28. The maximum atomic E-state index is 13.8. The number of piperidine rings is 1. The van der Waals surface area contributed by atoms with Gasteiger partial charge in [0.2, 0.25) is 0 Å².